The van der Waals surface area contributed by atoms with E-state index in [0.29, 0.717) is 11.4 Å². The Morgan fingerprint density at radius 2 is 1.73 bits per heavy atom. The molecule has 1 aliphatic rings. The SMILES string of the molecule is CN1C(=O)C(=Cc2cccn2-c2cccc([N+](=O)[O-])c2)C(=O)N(C)C1=S. The standard InChI is InChI=1S/C17H14N4O4S/c1-18-15(22)14(16(23)19(2)17(18)26)10-12-7-4-8-20(12)11-5-3-6-13(9-11)21(24)25/h3-10H,1-2H3. The number of likely N-dealkylation sites (N-methyl/N-ethyl adjacent to an activating group) is 2. The number of carbonyl (C=O) groups is 2. The van der Waals surface area contributed by atoms with Gasteiger partial charge < -0.3 is 4.57 Å². The fourth-order valence-corrected chi connectivity index (χ4v) is 2.79. The summed E-state index contributed by atoms with van der Waals surface area (Å²) in [5.74, 6) is -0.991. The molecule has 8 nitrogen and oxygen atoms in total. The second kappa shape index (κ2) is 6.52. The zero-order chi connectivity index (χ0) is 19.0. The maximum absolute atomic E-state index is 12.4. The zero-order valence-electron chi connectivity index (χ0n) is 13.9. The number of rotatable bonds is 3. The summed E-state index contributed by atoms with van der Waals surface area (Å²) < 4.78 is 1.66. The minimum Gasteiger partial charge on any atom is -0.317 e. The normalized spacial score (nSPS) is 14.8. The molecule has 1 fully saturated rings. The second-order valence-corrected chi connectivity index (χ2v) is 6.01. The van der Waals surface area contributed by atoms with Crippen molar-refractivity contribution in [1.82, 2.24) is 14.4 Å². The van der Waals surface area contributed by atoms with Gasteiger partial charge in [-0.3, -0.25) is 29.5 Å². The molecule has 0 unspecified atom stereocenters. The molecule has 9 heteroatoms. The molecule has 2 aromatic rings. The van der Waals surface area contributed by atoms with E-state index >= 15 is 0 Å². The smallest absolute Gasteiger partial charge is 0.271 e. The van der Waals surface area contributed by atoms with Crippen molar-refractivity contribution in [2.45, 2.75) is 0 Å². The number of hydrogen-bond acceptors (Lipinski definition) is 5. The van der Waals surface area contributed by atoms with Gasteiger partial charge >= 0.3 is 0 Å². The lowest BCUT2D eigenvalue weighted by Crippen LogP contribution is -2.52. The fraction of sp³-hybridized carbons (Fsp3) is 0.118. The van der Waals surface area contributed by atoms with Gasteiger partial charge in [-0.25, -0.2) is 0 Å². The van der Waals surface area contributed by atoms with E-state index in [0.717, 1.165) is 0 Å². The highest BCUT2D eigenvalue weighted by Gasteiger charge is 2.35. The first-order valence-corrected chi connectivity index (χ1v) is 7.96. The molecule has 1 aliphatic heterocycles. The molecule has 2 heterocycles. The molecule has 0 spiro atoms. The lowest BCUT2D eigenvalue weighted by molar-refractivity contribution is -0.384. The van der Waals surface area contributed by atoms with Gasteiger partial charge in [-0.05, 0) is 36.5 Å². The Hall–Kier alpha value is -3.33. The van der Waals surface area contributed by atoms with Crippen LogP contribution in [0.2, 0.25) is 0 Å². The van der Waals surface area contributed by atoms with E-state index in [4.69, 9.17) is 12.2 Å². The van der Waals surface area contributed by atoms with Crippen LogP contribution in [0.15, 0.2) is 48.2 Å². The van der Waals surface area contributed by atoms with Crippen LogP contribution in [0.1, 0.15) is 5.69 Å². The number of nitro benzene ring substituents is 1. The summed E-state index contributed by atoms with van der Waals surface area (Å²) in [6, 6.07) is 9.51. The van der Waals surface area contributed by atoms with Crippen LogP contribution >= 0.6 is 12.2 Å². The summed E-state index contributed by atoms with van der Waals surface area (Å²) in [7, 11) is 3.00. The molecule has 1 saturated heterocycles. The van der Waals surface area contributed by atoms with Crippen molar-refractivity contribution in [3.8, 4) is 5.69 Å². The maximum Gasteiger partial charge on any atom is 0.271 e. The van der Waals surface area contributed by atoms with E-state index in [2.05, 4.69) is 0 Å². The highest BCUT2D eigenvalue weighted by atomic mass is 32.1. The van der Waals surface area contributed by atoms with Gasteiger partial charge in [0.2, 0.25) is 0 Å². The Morgan fingerprint density at radius 3 is 2.35 bits per heavy atom. The average Bonchev–Trinajstić information content (AvgIpc) is 3.10. The quantitative estimate of drug-likeness (QED) is 0.271. The van der Waals surface area contributed by atoms with Crippen molar-refractivity contribution in [3.63, 3.8) is 0 Å². The van der Waals surface area contributed by atoms with Gasteiger partial charge in [-0.1, -0.05) is 6.07 Å². The highest BCUT2D eigenvalue weighted by molar-refractivity contribution is 7.80. The Morgan fingerprint density at radius 1 is 1.08 bits per heavy atom. The number of benzene rings is 1. The molecular formula is C17H14N4O4S. The lowest BCUT2D eigenvalue weighted by atomic mass is 10.1. The fourth-order valence-electron chi connectivity index (χ4n) is 2.63. The number of hydrogen-bond donors (Lipinski definition) is 0. The third-order valence-corrected chi connectivity index (χ3v) is 4.58. The number of aromatic nitrogens is 1. The van der Waals surface area contributed by atoms with Crippen molar-refractivity contribution in [3.05, 3.63) is 64.0 Å². The molecule has 0 bridgehead atoms. The number of thiocarbonyl (C=S) groups is 1. The van der Waals surface area contributed by atoms with E-state index in [9.17, 15) is 19.7 Å². The summed E-state index contributed by atoms with van der Waals surface area (Å²) in [5.41, 5.74) is 0.999. The number of amides is 2. The molecule has 0 N–H and O–H groups in total. The van der Waals surface area contributed by atoms with Crippen molar-refractivity contribution < 1.29 is 14.5 Å². The van der Waals surface area contributed by atoms with Crippen LogP contribution in [-0.2, 0) is 9.59 Å². The Balaban J connectivity index is 2.06. The molecule has 132 valence electrons. The van der Waals surface area contributed by atoms with Crippen LogP contribution in [0.25, 0.3) is 11.8 Å². The Bertz CT molecular complexity index is 953. The van der Waals surface area contributed by atoms with Gasteiger partial charge in [0.1, 0.15) is 5.57 Å². The van der Waals surface area contributed by atoms with Crippen LogP contribution in [-0.4, -0.2) is 50.3 Å². The van der Waals surface area contributed by atoms with Crippen molar-refractivity contribution in [1.29, 1.82) is 0 Å². The summed E-state index contributed by atoms with van der Waals surface area (Å²) in [4.78, 5) is 37.8. The second-order valence-electron chi connectivity index (χ2n) is 5.65. The maximum atomic E-state index is 12.4. The lowest BCUT2D eigenvalue weighted by Gasteiger charge is -2.31. The monoisotopic (exact) mass is 370 g/mol. The minimum atomic E-state index is -0.495. The molecule has 0 saturated carbocycles. The van der Waals surface area contributed by atoms with Crippen LogP contribution in [0, 0.1) is 10.1 Å². The molecule has 1 aromatic heterocycles. The largest absolute Gasteiger partial charge is 0.317 e. The zero-order valence-corrected chi connectivity index (χ0v) is 14.8. The number of carbonyl (C=O) groups excluding carboxylic acids is 2. The molecular weight excluding hydrogens is 356 g/mol. The van der Waals surface area contributed by atoms with E-state index in [1.165, 1.54) is 42.1 Å². The third kappa shape index (κ3) is 2.88. The third-order valence-electron chi connectivity index (χ3n) is 4.04. The van der Waals surface area contributed by atoms with E-state index < -0.39 is 16.7 Å². The van der Waals surface area contributed by atoms with Crippen molar-refractivity contribution in [2.24, 2.45) is 0 Å². The molecule has 3 rings (SSSR count). The van der Waals surface area contributed by atoms with Crippen LogP contribution < -0.4 is 0 Å². The van der Waals surface area contributed by atoms with E-state index in [1.54, 1.807) is 35.0 Å². The minimum absolute atomic E-state index is 0.0334. The number of non-ortho nitro benzene ring substituents is 1. The van der Waals surface area contributed by atoms with Gasteiger partial charge in [0.25, 0.3) is 17.5 Å². The molecule has 26 heavy (non-hydrogen) atoms. The summed E-state index contributed by atoms with van der Waals surface area (Å²) in [5, 5.41) is 11.1. The van der Waals surface area contributed by atoms with Gasteiger partial charge in [0.05, 0.1) is 10.6 Å². The van der Waals surface area contributed by atoms with Crippen LogP contribution in [0.5, 0.6) is 0 Å². The summed E-state index contributed by atoms with van der Waals surface area (Å²) in [6.07, 6.45) is 3.15. The molecule has 2 amide bonds. The number of nitrogens with zero attached hydrogens (tertiary/aromatic N) is 4. The Labute approximate surface area is 154 Å². The molecule has 0 atom stereocenters. The first-order chi connectivity index (χ1) is 12.3. The van der Waals surface area contributed by atoms with Crippen molar-refractivity contribution >= 4 is 40.9 Å². The van der Waals surface area contributed by atoms with Gasteiger partial charge in [-0.15, -0.1) is 0 Å². The van der Waals surface area contributed by atoms with Gasteiger partial charge in [0, 0.05) is 38.1 Å². The van der Waals surface area contributed by atoms with Crippen LogP contribution in [0.4, 0.5) is 5.69 Å². The number of nitro groups is 1. The molecule has 0 radical (unpaired) electrons. The first kappa shape index (κ1) is 17.5. The predicted molar refractivity (Wildman–Crippen MR) is 98.5 cm³/mol. The topological polar surface area (TPSA) is 88.7 Å². The van der Waals surface area contributed by atoms with Gasteiger partial charge in [-0.2, -0.15) is 0 Å². The Kier molecular flexibility index (Phi) is 4.39. The highest BCUT2D eigenvalue weighted by Crippen LogP contribution is 2.22. The van der Waals surface area contributed by atoms with Crippen molar-refractivity contribution in [2.75, 3.05) is 14.1 Å². The first-order valence-electron chi connectivity index (χ1n) is 7.55. The summed E-state index contributed by atoms with van der Waals surface area (Å²) >= 11 is 5.06. The van der Waals surface area contributed by atoms with Crippen LogP contribution in [0.3, 0.4) is 0 Å². The van der Waals surface area contributed by atoms with E-state index in [-0.39, 0.29) is 16.4 Å². The summed E-state index contributed by atoms with van der Waals surface area (Å²) in [6.45, 7) is 0. The van der Waals surface area contributed by atoms with Gasteiger partial charge in [0.15, 0.2) is 5.11 Å². The van der Waals surface area contributed by atoms with E-state index in [1.807, 2.05) is 0 Å². The molecule has 0 aliphatic carbocycles. The average molecular weight is 370 g/mol. The predicted octanol–water partition coefficient (Wildman–Crippen LogP) is 1.98. The molecule has 1 aromatic carbocycles.